The fourth-order valence-corrected chi connectivity index (χ4v) is 4.35. The van der Waals surface area contributed by atoms with Crippen molar-refractivity contribution in [3.63, 3.8) is 0 Å². The lowest BCUT2D eigenvalue weighted by Crippen LogP contribution is -2.33. The number of hydrogen-bond acceptors (Lipinski definition) is 7. The third-order valence-corrected chi connectivity index (χ3v) is 5.88. The molecule has 2 aromatic carbocycles. The quantitative estimate of drug-likeness (QED) is 0.567. The van der Waals surface area contributed by atoms with E-state index in [1.54, 1.807) is 37.3 Å². The van der Waals surface area contributed by atoms with Crippen LogP contribution in [0.3, 0.4) is 0 Å². The van der Waals surface area contributed by atoms with Crippen LogP contribution in [0.4, 0.5) is 11.4 Å². The van der Waals surface area contributed by atoms with E-state index >= 15 is 0 Å². The monoisotopic (exact) mass is 469 g/mol. The summed E-state index contributed by atoms with van der Waals surface area (Å²) in [5, 5.41) is 11.5. The van der Waals surface area contributed by atoms with E-state index < -0.39 is 23.1 Å². The summed E-state index contributed by atoms with van der Waals surface area (Å²) in [6.07, 6.45) is -0.0852. The Hall–Kier alpha value is -3.66. The molecule has 2 amide bonds. The number of nitrogens with zero attached hydrogens (tertiary/aromatic N) is 2. The molecular formula is C23H23N3O6S. The van der Waals surface area contributed by atoms with Crippen molar-refractivity contribution in [2.45, 2.75) is 25.5 Å². The van der Waals surface area contributed by atoms with Gasteiger partial charge >= 0.3 is 11.9 Å². The van der Waals surface area contributed by atoms with Crippen LogP contribution in [0.25, 0.3) is 0 Å². The molecule has 3 rings (SSSR count). The van der Waals surface area contributed by atoms with Crippen molar-refractivity contribution in [1.82, 2.24) is 4.90 Å². The molecule has 2 aromatic rings. The number of carbonyl (C=O) groups excluding carboxylic acids is 3. The van der Waals surface area contributed by atoms with Gasteiger partial charge in [-0.3, -0.25) is 14.5 Å². The van der Waals surface area contributed by atoms with Crippen LogP contribution in [0.1, 0.15) is 41.0 Å². The Morgan fingerprint density at radius 1 is 1.12 bits per heavy atom. The van der Waals surface area contributed by atoms with Crippen LogP contribution in [-0.4, -0.2) is 57.3 Å². The summed E-state index contributed by atoms with van der Waals surface area (Å²) in [5.41, 5.74) is 1.37. The first-order valence-electron chi connectivity index (χ1n) is 10.3. The predicted octanol–water partition coefficient (Wildman–Crippen LogP) is 3.54. The Labute approximate surface area is 194 Å². The highest BCUT2D eigenvalue weighted by Gasteiger charge is 2.38. The number of carboxylic acids is 1. The van der Waals surface area contributed by atoms with E-state index in [0.717, 1.165) is 0 Å². The summed E-state index contributed by atoms with van der Waals surface area (Å²) in [5.74, 6) is -2.14. The molecule has 1 saturated heterocycles. The second kappa shape index (κ2) is 10.8. The summed E-state index contributed by atoms with van der Waals surface area (Å²) < 4.78 is 4.96. The molecule has 1 aliphatic rings. The Kier molecular flexibility index (Phi) is 7.83. The highest BCUT2D eigenvalue weighted by molar-refractivity contribution is 8.15. The van der Waals surface area contributed by atoms with Crippen molar-refractivity contribution in [3.05, 3.63) is 59.7 Å². The van der Waals surface area contributed by atoms with E-state index in [-0.39, 0.29) is 24.5 Å². The van der Waals surface area contributed by atoms with Gasteiger partial charge in [-0.2, -0.15) is 0 Å². The summed E-state index contributed by atoms with van der Waals surface area (Å²) in [4.78, 5) is 54.2. The van der Waals surface area contributed by atoms with Crippen molar-refractivity contribution in [1.29, 1.82) is 0 Å². The van der Waals surface area contributed by atoms with Gasteiger partial charge in [0, 0.05) is 18.7 Å². The van der Waals surface area contributed by atoms with E-state index in [0.29, 0.717) is 28.7 Å². The normalized spacial score (nSPS) is 16.7. The van der Waals surface area contributed by atoms with Crippen LogP contribution in [0.2, 0.25) is 0 Å². The summed E-state index contributed by atoms with van der Waals surface area (Å²) in [6.45, 7) is 4.23. The minimum absolute atomic E-state index is 0.0553. The fraction of sp³-hybridized carbons (Fsp3) is 0.261. The molecule has 1 heterocycles. The molecule has 2 N–H and O–H groups in total. The van der Waals surface area contributed by atoms with E-state index in [2.05, 4.69) is 10.3 Å². The van der Waals surface area contributed by atoms with Gasteiger partial charge < -0.3 is 15.2 Å². The molecule has 0 saturated carbocycles. The van der Waals surface area contributed by atoms with Crippen LogP contribution in [0.5, 0.6) is 0 Å². The second-order valence-corrected chi connectivity index (χ2v) is 8.16. The minimum atomic E-state index is -1.10. The largest absolute Gasteiger partial charge is 0.478 e. The smallest absolute Gasteiger partial charge is 0.338 e. The molecule has 0 spiro atoms. The SMILES string of the molecule is CCOC(=O)c1ccc(N=C2S[C@H](CC(=O)Nc3cccc(C(=O)O)c3)C(=O)N2CC)cc1. The average Bonchev–Trinajstić information content (AvgIpc) is 3.08. The number of benzene rings is 2. The molecular weight excluding hydrogens is 446 g/mol. The summed E-state index contributed by atoms with van der Waals surface area (Å²) in [6, 6.07) is 12.4. The lowest BCUT2D eigenvalue weighted by atomic mass is 10.2. The molecule has 0 aromatic heterocycles. The van der Waals surface area contributed by atoms with Gasteiger partial charge in [0.2, 0.25) is 11.8 Å². The molecule has 0 aliphatic carbocycles. The average molecular weight is 470 g/mol. The number of esters is 1. The molecule has 1 fully saturated rings. The van der Waals surface area contributed by atoms with E-state index in [1.807, 2.05) is 6.92 Å². The van der Waals surface area contributed by atoms with Gasteiger partial charge in [-0.25, -0.2) is 14.6 Å². The Morgan fingerprint density at radius 2 is 1.85 bits per heavy atom. The van der Waals surface area contributed by atoms with Crippen LogP contribution < -0.4 is 5.32 Å². The van der Waals surface area contributed by atoms with Gasteiger partial charge in [0.15, 0.2) is 5.17 Å². The van der Waals surface area contributed by atoms with E-state index in [1.165, 1.54) is 34.9 Å². The highest BCUT2D eigenvalue weighted by Crippen LogP contribution is 2.31. The van der Waals surface area contributed by atoms with Crippen molar-refractivity contribution in [3.8, 4) is 0 Å². The third-order valence-electron chi connectivity index (χ3n) is 4.70. The number of carbonyl (C=O) groups is 4. The Bertz CT molecular complexity index is 1100. The fourth-order valence-electron chi connectivity index (χ4n) is 3.12. The number of carboxylic acid groups (broad SMARTS) is 1. The lowest BCUT2D eigenvalue weighted by Gasteiger charge is -2.13. The standard InChI is InChI=1S/C23H23N3O6S/c1-3-26-20(28)18(13-19(27)24-17-7-5-6-15(12-17)21(29)30)33-23(26)25-16-10-8-14(9-11-16)22(31)32-4-2/h5-12,18H,3-4,13H2,1-2H3,(H,24,27)(H,29,30)/t18-/m1/s1. The number of aromatic carboxylic acids is 1. The van der Waals surface area contributed by atoms with Gasteiger partial charge in [0.25, 0.3) is 0 Å². The van der Waals surface area contributed by atoms with Crippen LogP contribution in [-0.2, 0) is 14.3 Å². The van der Waals surface area contributed by atoms with Gasteiger partial charge in [0.1, 0.15) is 5.25 Å². The second-order valence-electron chi connectivity index (χ2n) is 6.99. The maximum atomic E-state index is 12.8. The number of thioether (sulfide) groups is 1. The zero-order valence-electron chi connectivity index (χ0n) is 18.1. The van der Waals surface area contributed by atoms with Gasteiger partial charge in [-0.1, -0.05) is 17.8 Å². The van der Waals surface area contributed by atoms with Crippen LogP contribution >= 0.6 is 11.8 Å². The first-order chi connectivity index (χ1) is 15.8. The topological polar surface area (TPSA) is 125 Å². The third kappa shape index (κ3) is 5.98. The maximum absolute atomic E-state index is 12.8. The molecule has 0 bridgehead atoms. The highest BCUT2D eigenvalue weighted by atomic mass is 32.2. The van der Waals surface area contributed by atoms with E-state index in [4.69, 9.17) is 9.84 Å². The Morgan fingerprint density at radius 3 is 2.48 bits per heavy atom. The van der Waals surface area contributed by atoms with Gasteiger partial charge in [-0.15, -0.1) is 0 Å². The minimum Gasteiger partial charge on any atom is -0.478 e. The zero-order chi connectivity index (χ0) is 24.0. The molecule has 0 radical (unpaired) electrons. The molecule has 9 nitrogen and oxygen atoms in total. The summed E-state index contributed by atoms with van der Waals surface area (Å²) in [7, 11) is 0. The van der Waals surface area contributed by atoms with Crippen LogP contribution in [0.15, 0.2) is 53.5 Å². The van der Waals surface area contributed by atoms with E-state index in [9.17, 15) is 19.2 Å². The number of ether oxygens (including phenoxy) is 1. The molecule has 0 unspecified atom stereocenters. The number of aliphatic imine (C=N–C) groups is 1. The zero-order valence-corrected chi connectivity index (χ0v) is 18.9. The number of anilines is 1. The number of amides is 2. The Balaban J connectivity index is 1.69. The molecule has 1 atom stereocenters. The van der Waals surface area contributed by atoms with Crippen molar-refractivity contribution in [2.24, 2.45) is 4.99 Å². The van der Waals surface area contributed by atoms with Crippen molar-refractivity contribution >= 4 is 52.1 Å². The van der Waals surface area contributed by atoms with Gasteiger partial charge in [-0.05, 0) is 56.3 Å². The maximum Gasteiger partial charge on any atom is 0.338 e. The number of amidine groups is 1. The van der Waals surface area contributed by atoms with Crippen LogP contribution in [0, 0.1) is 0 Å². The van der Waals surface area contributed by atoms with Crippen molar-refractivity contribution in [2.75, 3.05) is 18.5 Å². The first-order valence-corrected chi connectivity index (χ1v) is 11.2. The molecule has 1 aliphatic heterocycles. The number of nitrogens with one attached hydrogen (secondary N) is 1. The lowest BCUT2D eigenvalue weighted by molar-refractivity contribution is -0.128. The molecule has 33 heavy (non-hydrogen) atoms. The van der Waals surface area contributed by atoms with Crippen molar-refractivity contribution < 1.29 is 29.0 Å². The first kappa shape index (κ1) is 24.0. The number of hydrogen-bond donors (Lipinski definition) is 2. The number of rotatable bonds is 8. The van der Waals surface area contributed by atoms with Gasteiger partial charge in [0.05, 0.1) is 23.4 Å². The molecule has 10 heteroatoms. The summed E-state index contributed by atoms with van der Waals surface area (Å²) >= 11 is 1.19. The predicted molar refractivity (Wildman–Crippen MR) is 125 cm³/mol. The molecule has 172 valence electrons.